The van der Waals surface area contributed by atoms with Gasteiger partial charge in [0, 0.05) is 0 Å². The van der Waals surface area contributed by atoms with Crippen molar-refractivity contribution in [2.24, 2.45) is 0 Å². The average Bonchev–Trinajstić information content (AvgIpc) is 2.65. The summed E-state index contributed by atoms with van der Waals surface area (Å²) in [6.45, 7) is 1.49. The van der Waals surface area contributed by atoms with E-state index in [1.165, 1.54) is 0 Å². The number of carboxylic acids is 1. The number of benzene rings is 1. The zero-order valence-corrected chi connectivity index (χ0v) is 8.77. The van der Waals surface area contributed by atoms with E-state index < -0.39 is 18.5 Å². The number of aliphatic hydroxyl groups excluding tert-OH is 1. The van der Waals surface area contributed by atoms with Gasteiger partial charge in [-0.2, -0.15) is 0 Å². The first-order chi connectivity index (χ1) is 7.63. The van der Waals surface area contributed by atoms with Gasteiger partial charge in [-0.15, -0.1) is 0 Å². The van der Waals surface area contributed by atoms with Crippen LogP contribution in [0.5, 0.6) is 11.5 Å². The second-order valence-electron chi connectivity index (χ2n) is 3.64. The van der Waals surface area contributed by atoms with E-state index in [0.717, 1.165) is 5.56 Å². The highest BCUT2D eigenvalue weighted by molar-refractivity contribution is 5.77. The second kappa shape index (κ2) is 4.02. The Morgan fingerprint density at radius 3 is 2.62 bits per heavy atom. The fraction of sp³-hybridized carbons (Fsp3) is 0.364. The van der Waals surface area contributed by atoms with Crippen molar-refractivity contribution in [1.29, 1.82) is 0 Å². The molecule has 86 valence electrons. The summed E-state index contributed by atoms with van der Waals surface area (Å²) in [5.41, 5.74) is 1.32. The predicted octanol–water partition coefficient (Wildman–Crippen LogP) is 0.884. The Morgan fingerprint density at radius 1 is 1.44 bits per heavy atom. The minimum absolute atomic E-state index is 0.148. The van der Waals surface area contributed by atoms with Gasteiger partial charge in [-0.25, -0.2) is 0 Å². The third kappa shape index (κ3) is 1.69. The molecule has 0 saturated carbocycles. The quantitative estimate of drug-likeness (QED) is 0.797. The van der Waals surface area contributed by atoms with E-state index in [-0.39, 0.29) is 6.79 Å². The van der Waals surface area contributed by atoms with Crippen LogP contribution in [-0.2, 0) is 4.79 Å². The first kappa shape index (κ1) is 10.8. The van der Waals surface area contributed by atoms with Gasteiger partial charge in [-0.1, -0.05) is 0 Å². The monoisotopic (exact) mass is 224 g/mol. The van der Waals surface area contributed by atoms with Crippen LogP contribution in [0.3, 0.4) is 0 Å². The van der Waals surface area contributed by atoms with Gasteiger partial charge in [0.05, 0.1) is 6.61 Å². The number of aliphatic carboxylic acids is 1. The molecule has 0 spiro atoms. The van der Waals surface area contributed by atoms with E-state index >= 15 is 0 Å². The summed E-state index contributed by atoms with van der Waals surface area (Å²) in [4.78, 5) is 11.0. The average molecular weight is 224 g/mol. The molecule has 0 radical (unpaired) electrons. The first-order valence-electron chi connectivity index (χ1n) is 4.87. The smallest absolute Gasteiger partial charge is 0.313 e. The zero-order valence-electron chi connectivity index (χ0n) is 8.77. The lowest BCUT2D eigenvalue weighted by atomic mass is 9.95. The Labute approximate surface area is 92.2 Å². The summed E-state index contributed by atoms with van der Waals surface area (Å²) < 4.78 is 10.3. The molecule has 0 fully saturated rings. The van der Waals surface area contributed by atoms with Gasteiger partial charge in [0.2, 0.25) is 6.79 Å². The van der Waals surface area contributed by atoms with Crippen molar-refractivity contribution in [2.75, 3.05) is 13.4 Å². The summed E-state index contributed by atoms with van der Waals surface area (Å²) in [5, 5.41) is 18.0. The lowest BCUT2D eigenvalue weighted by molar-refractivity contribution is -0.139. The van der Waals surface area contributed by atoms with E-state index in [0.29, 0.717) is 17.1 Å². The SMILES string of the molecule is Cc1cc2c(cc1C(CO)C(=O)O)OCO2. The summed E-state index contributed by atoms with van der Waals surface area (Å²) >= 11 is 0. The van der Waals surface area contributed by atoms with Gasteiger partial charge in [0.25, 0.3) is 0 Å². The molecule has 1 aliphatic heterocycles. The number of carbonyl (C=O) groups is 1. The van der Waals surface area contributed by atoms with Crippen molar-refractivity contribution < 1.29 is 24.5 Å². The van der Waals surface area contributed by atoms with E-state index in [1.54, 1.807) is 19.1 Å². The van der Waals surface area contributed by atoms with Gasteiger partial charge in [-0.05, 0) is 30.2 Å². The zero-order chi connectivity index (χ0) is 11.7. The molecule has 2 rings (SSSR count). The minimum Gasteiger partial charge on any atom is -0.481 e. The van der Waals surface area contributed by atoms with Crippen LogP contribution >= 0.6 is 0 Å². The van der Waals surface area contributed by atoms with Crippen LogP contribution in [-0.4, -0.2) is 29.6 Å². The lowest BCUT2D eigenvalue weighted by Gasteiger charge is -2.13. The predicted molar refractivity (Wildman–Crippen MR) is 54.8 cm³/mol. The van der Waals surface area contributed by atoms with Crippen LogP contribution < -0.4 is 9.47 Å². The molecule has 0 aromatic heterocycles. The number of hydrogen-bond acceptors (Lipinski definition) is 4. The molecule has 1 unspecified atom stereocenters. The number of aryl methyl sites for hydroxylation is 1. The van der Waals surface area contributed by atoms with Gasteiger partial charge >= 0.3 is 5.97 Å². The van der Waals surface area contributed by atoms with Crippen molar-refractivity contribution >= 4 is 5.97 Å². The van der Waals surface area contributed by atoms with Crippen LogP contribution in [0.15, 0.2) is 12.1 Å². The summed E-state index contributed by atoms with van der Waals surface area (Å²) in [6, 6.07) is 3.34. The fourth-order valence-electron chi connectivity index (χ4n) is 1.74. The standard InChI is InChI=1S/C11H12O5/c1-6-2-9-10(16-5-15-9)3-7(6)8(4-12)11(13)14/h2-3,8,12H,4-5H2,1H3,(H,13,14). The van der Waals surface area contributed by atoms with Gasteiger partial charge < -0.3 is 19.7 Å². The largest absolute Gasteiger partial charge is 0.481 e. The fourth-order valence-corrected chi connectivity index (χ4v) is 1.74. The van der Waals surface area contributed by atoms with Crippen LogP contribution in [0.1, 0.15) is 17.0 Å². The molecular formula is C11H12O5. The van der Waals surface area contributed by atoms with Gasteiger partial charge in [0.1, 0.15) is 5.92 Å². The molecular weight excluding hydrogens is 212 g/mol. The Morgan fingerprint density at radius 2 is 2.06 bits per heavy atom. The maximum atomic E-state index is 11.0. The van der Waals surface area contributed by atoms with Crippen LogP contribution in [0, 0.1) is 6.92 Å². The Kier molecular flexibility index (Phi) is 2.70. The van der Waals surface area contributed by atoms with Gasteiger partial charge in [0.15, 0.2) is 11.5 Å². The maximum Gasteiger partial charge on any atom is 0.313 e. The van der Waals surface area contributed by atoms with E-state index in [9.17, 15) is 4.79 Å². The third-order valence-electron chi connectivity index (χ3n) is 2.62. The molecule has 0 aliphatic carbocycles. The number of carboxylic acid groups (broad SMARTS) is 1. The first-order valence-corrected chi connectivity index (χ1v) is 4.87. The Balaban J connectivity index is 2.44. The number of rotatable bonds is 3. The highest BCUT2D eigenvalue weighted by Crippen LogP contribution is 2.36. The number of fused-ring (bicyclic) bond motifs is 1. The molecule has 16 heavy (non-hydrogen) atoms. The topological polar surface area (TPSA) is 76.0 Å². The number of ether oxygens (including phenoxy) is 2. The second-order valence-corrected chi connectivity index (χ2v) is 3.64. The summed E-state index contributed by atoms with van der Waals surface area (Å²) in [7, 11) is 0. The van der Waals surface area contributed by atoms with Crippen LogP contribution in [0.25, 0.3) is 0 Å². The normalized spacial score (nSPS) is 14.9. The number of hydrogen-bond donors (Lipinski definition) is 2. The molecule has 1 heterocycles. The van der Waals surface area contributed by atoms with E-state index in [2.05, 4.69) is 0 Å². The minimum atomic E-state index is -1.05. The molecule has 1 aliphatic rings. The highest BCUT2D eigenvalue weighted by Gasteiger charge is 2.24. The molecule has 0 bridgehead atoms. The molecule has 0 saturated heterocycles. The summed E-state index contributed by atoms with van der Waals surface area (Å²) in [6.07, 6.45) is 0. The van der Waals surface area contributed by atoms with Crippen molar-refractivity contribution in [2.45, 2.75) is 12.8 Å². The van der Waals surface area contributed by atoms with Gasteiger partial charge in [-0.3, -0.25) is 4.79 Å². The molecule has 5 nitrogen and oxygen atoms in total. The molecule has 1 aromatic rings. The molecule has 2 N–H and O–H groups in total. The van der Waals surface area contributed by atoms with Crippen LogP contribution in [0.4, 0.5) is 0 Å². The van der Waals surface area contributed by atoms with Crippen molar-refractivity contribution in [3.05, 3.63) is 23.3 Å². The molecule has 1 aromatic carbocycles. The maximum absolute atomic E-state index is 11.0. The summed E-state index contributed by atoms with van der Waals surface area (Å²) in [5.74, 6) is -0.831. The van der Waals surface area contributed by atoms with Crippen molar-refractivity contribution in [1.82, 2.24) is 0 Å². The van der Waals surface area contributed by atoms with E-state index in [1.807, 2.05) is 0 Å². The molecule has 0 amide bonds. The third-order valence-corrected chi connectivity index (χ3v) is 2.62. The highest BCUT2D eigenvalue weighted by atomic mass is 16.7. The molecule has 1 atom stereocenters. The van der Waals surface area contributed by atoms with E-state index in [4.69, 9.17) is 19.7 Å². The molecule has 5 heteroatoms. The van der Waals surface area contributed by atoms with Crippen molar-refractivity contribution in [3.8, 4) is 11.5 Å². The number of aliphatic hydroxyl groups is 1. The Hall–Kier alpha value is -1.75. The Bertz CT molecular complexity index is 427. The van der Waals surface area contributed by atoms with Crippen LogP contribution in [0.2, 0.25) is 0 Å². The van der Waals surface area contributed by atoms with Crippen molar-refractivity contribution in [3.63, 3.8) is 0 Å². The lowest BCUT2D eigenvalue weighted by Crippen LogP contribution is -2.16.